The average molecular weight is 275 g/mol. The van der Waals surface area contributed by atoms with Gasteiger partial charge in [-0.05, 0) is 23.6 Å². The number of fused-ring (bicyclic) bond motifs is 1. The zero-order chi connectivity index (χ0) is 12.5. The molecule has 0 bridgehead atoms. The summed E-state index contributed by atoms with van der Waals surface area (Å²) in [5.41, 5.74) is 7.09. The maximum atomic E-state index is 12.0. The van der Waals surface area contributed by atoms with Gasteiger partial charge in [-0.1, -0.05) is 23.5 Å². The maximum Gasteiger partial charge on any atom is 0.269 e. The van der Waals surface area contributed by atoms with Crippen LogP contribution in [-0.2, 0) is 0 Å². The van der Waals surface area contributed by atoms with Crippen molar-refractivity contribution >= 4 is 49.6 Å². The van der Waals surface area contributed by atoms with Gasteiger partial charge in [-0.15, -0.1) is 11.3 Å². The highest BCUT2D eigenvalue weighted by Gasteiger charge is 2.13. The number of carbonyl (C=O) groups is 1. The second-order valence-corrected chi connectivity index (χ2v) is 5.59. The molecule has 0 aliphatic rings. The first-order valence-electron chi connectivity index (χ1n) is 5.24. The molecule has 0 saturated carbocycles. The van der Waals surface area contributed by atoms with E-state index in [0.29, 0.717) is 15.7 Å². The molecule has 0 atom stereocenters. The molecular weight excluding hydrogens is 266 g/mol. The first-order chi connectivity index (χ1) is 8.74. The van der Waals surface area contributed by atoms with Crippen LogP contribution in [0.1, 0.15) is 9.67 Å². The van der Waals surface area contributed by atoms with Gasteiger partial charge in [0.1, 0.15) is 4.88 Å². The molecule has 18 heavy (non-hydrogen) atoms. The van der Waals surface area contributed by atoms with Crippen LogP contribution >= 0.6 is 22.7 Å². The van der Waals surface area contributed by atoms with E-state index in [1.807, 2.05) is 24.3 Å². The molecule has 0 fully saturated rings. The number of carbonyl (C=O) groups excluding carboxylic acids is 1. The number of anilines is 2. The summed E-state index contributed by atoms with van der Waals surface area (Å²) in [6.45, 7) is 0. The summed E-state index contributed by atoms with van der Waals surface area (Å²) in [4.78, 5) is 16.8. The average Bonchev–Trinajstić information content (AvgIpc) is 2.94. The van der Waals surface area contributed by atoms with Crippen molar-refractivity contribution in [1.82, 2.24) is 4.98 Å². The molecule has 2 heterocycles. The van der Waals surface area contributed by atoms with E-state index >= 15 is 0 Å². The van der Waals surface area contributed by atoms with Crippen molar-refractivity contribution < 1.29 is 4.79 Å². The minimum Gasteiger partial charge on any atom is -0.397 e. The number of aromatic nitrogens is 1. The number of rotatable bonds is 2. The molecule has 0 saturated heterocycles. The Morgan fingerprint density at radius 2 is 2.11 bits per heavy atom. The molecule has 1 aromatic carbocycles. The van der Waals surface area contributed by atoms with Crippen LogP contribution in [0.2, 0.25) is 0 Å². The van der Waals surface area contributed by atoms with Gasteiger partial charge in [-0.2, -0.15) is 0 Å². The first kappa shape index (κ1) is 11.2. The van der Waals surface area contributed by atoms with Crippen LogP contribution in [0.15, 0.2) is 35.7 Å². The van der Waals surface area contributed by atoms with Crippen molar-refractivity contribution in [3.63, 3.8) is 0 Å². The molecule has 0 spiro atoms. The Kier molecular flexibility index (Phi) is 2.73. The van der Waals surface area contributed by atoms with E-state index in [-0.39, 0.29) is 5.91 Å². The Hall–Kier alpha value is -1.92. The van der Waals surface area contributed by atoms with Crippen LogP contribution in [0.25, 0.3) is 10.2 Å². The van der Waals surface area contributed by atoms with Gasteiger partial charge in [0.2, 0.25) is 0 Å². The molecule has 0 aliphatic heterocycles. The first-order valence-corrected chi connectivity index (χ1v) is 6.93. The number of amides is 1. The minimum absolute atomic E-state index is 0.207. The van der Waals surface area contributed by atoms with Crippen LogP contribution in [0.4, 0.5) is 10.8 Å². The lowest BCUT2D eigenvalue weighted by atomic mass is 10.3. The Labute approximate surface area is 111 Å². The Balaban J connectivity index is 1.88. The summed E-state index contributed by atoms with van der Waals surface area (Å²) < 4.78 is 1.05. The van der Waals surface area contributed by atoms with E-state index in [1.54, 1.807) is 11.4 Å². The zero-order valence-electron chi connectivity index (χ0n) is 9.21. The van der Waals surface area contributed by atoms with E-state index in [0.717, 1.165) is 10.2 Å². The van der Waals surface area contributed by atoms with Crippen molar-refractivity contribution in [1.29, 1.82) is 0 Å². The molecule has 0 radical (unpaired) electrons. The monoisotopic (exact) mass is 275 g/mol. The summed E-state index contributed by atoms with van der Waals surface area (Å²) in [5.74, 6) is -0.207. The fourth-order valence-corrected chi connectivity index (χ4v) is 3.16. The number of nitrogens with one attached hydrogen (secondary N) is 1. The third-order valence-electron chi connectivity index (χ3n) is 2.42. The summed E-state index contributed by atoms with van der Waals surface area (Å²) in [6.07, 6.45) is 0. The van der Waals surface area contributed by atoms with Crippen LogP contribution in [-0.4, -0.2) is 10.9 Å². The molecule has 4 nitrogen and oxygen atoms in total. The molecule has 3 aromatic rings. The van der Waals surface area contributed by atoms with Gasteiger partial charge in [-0.3, -0.25) is 10.1 Å². The molecular formula is C12H9N3OS2. The van der Waals surface area contributed by atoms with Gasteiger partial charge in [0, 0.05) is 0 Å². The maximum absolute atomic E-state index is 12.0. The standard InChI is InChI=1S/C12H9N3OS2/c13-7-5-6-17-10(7)11(16)15-12-14-8-3-1-2-4-9(8)18-12/h1-6H,13H2,(H,14,15,16). The third-order valence-corrected chi connectivity index (χ3v) is 4.30. The lowest BCUT2D eigenvalue weighted by molar-refractivity contribution is 0.103. The summed E-state index contributed by atoms with van der Waals surface area (Å²) in [5, 5.41) is 5.16. The second-order valence-electron chi connectivity index (χ2n) is 3.65. The van der Waals surface area contributed by atoms with Crippen LogP contribution in [0.5, 0.6) is 0 Å². The van der Waals surface area contributed by atoms with Gasteiger partial charge < -0.3 is 5.73 Å². The largest absolute Gasteiger partial charge is 0.397 e. The number of hydrogen-bond donors (Lipinski definition) is 2. The van der Waals surface area contributed by atoms with E-state index in [1.165, 1.54) is 22.7 Å². The molecule has 3 rings (SSSR count). The molecule has 90 valence electrons. The van der Waals surface area contributed by atoms with E-state index in [4.69, 9.17) is 5.73 Å². The number of hydrogen-bond acceptors (Lipinski definition) is 5. The third kappa shape index (κ3) is 1.96. The van der Waals surface area contributed by atoms with Gasteiger partial charge in [0.25, 0.3) is 5.91 Å². The predicted octanol–water partition coefficient (Wildman–Crippen LogP) is 3.19. The highest BCUT2D eigenvalue weighted by molar-refractivity contribution is 7.22. The fraction of sp³-hybridized carbons (Fsp3) is 0. The normalized spacial score (nSPS) is 10.7. The summed E-state index contributed by atoms with van der Waals surface area (Å²) in [6, 6.07) is 9.48. The van der Waals surface area contributed by atoms with Crippen LogP contribution in [0, 0.1) is 0 Å². The van der Waals surface area contributed by atoms with Crippen molar-refractivity contribution in [2.45, 2.75) is 0 Å². The summed E-state index contributed by atoms with van der Waals surface area (Å²) in [7, 11) is 0. The van der Waals surface area contributed by atoms with E-state index in [9.17, 15) is 4.79 Å². The van der Waals surface area contributed by atoms with Crippen molar-refractivity contribution in [2.24, 2.45) is 0 Å². The SMILES string of the molecule is Nc1ccsc1C(=O)Nc1nc2ccccc2s1. The quantitative estimate of drug-likeness (QED) is 0.754. The summed E-state index contributed by atoms with van der Waals surface area (Å²) >= 11 is 2.77. The number of benzene rings is 1. The van der Waals surface area contributed by atoms with Crippen molar-refractivity contribution in [3.05, 3.63) is 40.6 Å². The lowest BCUT2D eigenvalue weighted by Gasteiger charge is -1.99. The number of nitrogens with zero attached hydrogens (tertiary/aromatic N) is 1. The van der Waals surface area contributed by atoms with Crippen LogP contribution in [0.3, 0.4) is 0 Å². The van der Waals surface area contributed by atoms with Gasteiger partial charge in [0.15, 0.2) is 5.13 Å². The second kappa shape index (κ2) is 4.40. The lowest BCUT2D eigenvalue weighted by Crippen LogP contribution is -2.11. The van der Waals surface area contributed by atoms with Crippen LogP contribution < -0.4 is 11.1 Å². The van der Waals surface area contributed by atoms with E-state index < -0.39 is 0 Å². The minimum atomic E-state index is -0.207. The van der Waals surface area contributed by atoms with Crippen molar-refractivity contribution in [2.75, 3.05) is 11.1 Å². The van der Waals surface area contributed by atoms with Gasteiger partial charge in [0.05, 0.1) is 15.9 Å². The Morgan fingerprint density at radius 1 is 1.28 bits per heavy atom. The highest BCUT2D eigenvalue weighted by atomic mass is 32.1. The number of nitrogens with two attached hydrogens (primary N) is 1. The topological polar surface area (TPSA) is 68.0 Å². The smallest absolute Gasteiger partial charge is 0.269 e. The number of thiophene rings is 1. The molecule has 0 unspecified atom stereocenters. The Bertz CT molecular complexity index is 684. The van der Waals surface area contributed by atoms with Crippen molar-refractivity contribution in [3.8, 4) is 0 Å². The molecule has 3 N–H and O–H groups in total. The molecule has 6 heteroatoms. The Morgan fingerprint density at radius 3 is 2.83 bits per heavy atom. The highest BCUT2D eigenvalue weighted by Crippen LogP contribution is 2.27. The number of para-hydroxylation sites is 1. The van der Waals surface area contributed by atoms with Gasteiger partial charge >= 0.3 is 0 Å². The van der Waals surface area contributed by atoms with Gasteiger partial charge in [-0.25, -0.2) is 4.98 Å². The zero-order valence-corrected chi connectivity index (χ0v) is 10.8. The molecule has 1 amide bonds. The molecule has 2 aromatic heterocycles. The number of nitrogen functional groups attached to an aromatic ring is 1. The molecule has 0 aliphatic carbocycles. The fourth-order valence-electron chi connectivity index (χ4n) is 1.58. The number of thiazole rings is 1. The predicted molar refractivity (Wildman–Crippen MR) is 76.3 cm³/mol. The van der Waals surface area contributed by atoms with E-state index in [2.05, 4.69) is 10.3 Å².